The first-order valence-corrected chi connectivity index (χ1v) is 8.61. The van der Waals surface area contributed by atoms with Crippen molar-refractivity contribution in [2.75, 3.05) is 18.6 Å². The Bertz CT molecular complexity index is 727. The van der Waals surface area contributed by atoms with Gasteiger partial charge in [-0.2, -0.15) is 0 Å². The molecule has 0 bridgehead atoms. The van der Waals surface area contributed by atoms with Crippen LogP contribution in [0.1, 0.15) is 12.1 Å². The summed E-state index contributed by atoms with van der Waals surface area (Å²) in [6, 6.07) is 12.2. The zero-order valence-corrected chi connectivity index (χ0v) is 12.3. The van der Waals surface area contributed by atoms with Gasteiger partial charge >= 0.3 is 0 Å². The Kier molecular flexibility index (Phi) is 3.48. The van der Waals surface area contributed by atoms with Crippen LogP contribution in [0.4, 0.5) is 0 Å². The summed E-state index contributed by atoms with van der Waals surface area (Å²) in [5.41, 5.74) is 1.97. The molecule has 1 aromatic heterocycles. The molecule has 3 rings (SSSR count). The van der Waals surface area contributed by atoms with Gasteiger partial charge in [-0.25, -0.2) is 8.42 Å². The normalized spacial score (nSPS) is 21.6. The quantitative estimate of drug-likeness (QED) is 0.865. The number of hydrogen-bond acceptors (Lipinski definition) is 4. The highest BCUT2D eigenvalue weighted by Crippen LogP contribution is 2.19. The third kappa shape index (κ3) is 2.83. The van der Waals surface area contributed by atoms with Crippen LogP contribution in [0.15, 0.2) is 36.4 Å². The molecule has 0 spiro atoms. The van der Waals surface area contributed by atoms with Crippen LogP contribution < -0.4 is 0 Å². The summed E-state index contributed by atoms with van der Waals surface area (Å²) < 4.78 is 23.1. The molecule has 1 fully saturated rings. The molecule has 0 saturated carbocycles. The van der Waals surface area contributed by atoms with E-state index in [1.54, 1.807) is 0 Å². The molecule has 0 aliphatic carbocycles. The zero-order valence-electron chi connectivity index (χ0n) is 11.5. The summed E-state index contributed by atoms with van der Waals surface area (Å²) in [5.74, 6) is 0.588. The van der Waals surface area contributed by atoms with Crippen molar-refractivity contribution in [3.63, 3.8) is 0 Å². The van der Waals surface area contributed by atoms with Gasteiger partial charge in [-0.05, 0) is 25.6 Å². The number of nitrogens with zero attached hydrogens (tertiary/aromatic N) is 2. The van der Waals surface area contributed by atoms with Crippen molar-refractivity contribution in [1.29, 1.82) is 0 Å². The van der Waals surface area contributed by atoms with Gasteiger partial charge in [-0.3, -0.25) is 9.88 Å². The Balaban J connectivity index is 1.76. The average molecular weight is 290 g/mol. The third-order valence-electron chi connectivity index (χ3n) is 3.90. The molecule has 0 unspecified atom stereocenters. The minimum absolute atomic E-state index is 0.119. The molecular formula is C15H18N2O2S. The first-order chi connectivity index (χ1) is 9.53. The van der Waals surface area contributed by atoms with E-state index >= 15 is 0 Å². The highest BCUT2D eigenvalue weighted by atomic mass is 32.2. The van der Waals surface area contributed by atoms with Crippen LogP contribution in [-0.2, 0) is 16.4 Å². The highest BCUT2D eigenvalue weighted by molar-refractivity contribution is 7.91. The summed E-state index contributed by atoms with van der Waals surface area (Å²) in [6.07, 6.45) is 0.729. The summed E-state index contributed by atoms with van der Waals surface area (Å²) >= 11 is 0. The van der Waals surface area contributed by atoms with Gasteiger partial charge in [0.15, 0.2) is 9.84 Å². The largest absolute Gasteiger partial charge is 0.297 e. The first kappa shape index (κ1) is 13.5. The van der Waals surface area contributed by atoms with E-state index in [1.165, 1.54) is 0 Å². The fraction of sp³-hybridized carbons (Fsp3) is 0.400. The van der Waals surface area contributed by atoms with Crippen molar-refractivity contribution < 1.29 is 8.42 Å². The molecule has 0 amide bonds. The van der Waals surface area contributed by atoms with Crippen LogP contribution in [0, 0.1) is 0 Å². The smallest absolute Gasteiger partial charge is 0.151 e. The minimum Gasteiger partial charge on any atom is -0.297 e. The molecule has 20 heavy (non-hydrogen) atoms. The van der Waals surface area contributed by atoms with Gasteiger partial charge in [-0.1, -0.05) is 24.3 Å². The Morgan fingerprint density at radius 2 is 2.05 bits per heavy atom. The molecule has 106 valence electrons. The molecule has 0 N–H and O–H groups in total. The zero-order chi connectivity index (χ0) is 14.2. The average Bonchev–Trinajstić information content (AvgIpc) is 2.79. The third-order valence-corrected chi connectivity index (χ3v) is 5.65. The number of fused-ring (bicyclic) bond motifs is 1. The lowest BCUT2D eigenvalue weighted by atomic mass is 10.2. The van der Waals surface area contributed by atoms with Crippen molar-refractivity contribution in [3.8, 4) is 0 Å². The molecule has 5 heteroatoms. The Labute approximate surface area is 119 Å². The fourth-order valence-electron chi connectivity index (χ4n) is 2.70. The second-order valence-corrected chi connectivity index (χ2v) is 7.70. The summed E-state index contributed by atoms with van der Waals surface area (Å²) in [5, 5.41) is 1.13. The fourth-order valence-corrected chi connectivity index (χ4v) is 4.51. The summed E-state index contributed by atoms with van der Waals surface area (Å²) in [7, 11) is -0.855. The number of aromatic nitrogens is 1. The topological polar surface area (TPSA) is 50.3 Å². The van der Waals surface area contributed by atoms with Crippen LogP contribution in [0.2, 0.25) is 0 Å². The number of rotatable bonds is 3. The van der Waals surface area contributed by atoms with Crippen molar-refractivity contribution in [2.24, 2.45) is 0 Å². The summed E-state index contributed by atoms with van der Waals surface area (Å²) in [6.45, 7) is 0.686. The van der Waals surface area contributed by atoms with Crippen molar-refractivity contribution in [1.82, 2.24) is 9.88 Å². The molecule has 4 nitrogen and oxygen atoms in total. The molecule has 2 heterocycles. The van der Waals surface area contributed by atoms with E-state index in [4.69, 9.17) is 0 Å². The molecule has 0 radical (unpaired) electrons. The van der Waals surface area contributed by atoms with Gasteiger partial charge in [0.25, 0.3) is 0 Å². The van der Waals surface area contributed by atoms with E-state index in [-0.39, 0.29) is 11.8 Å². The van der Waals surface area contributed by atoms with E-state index in [9.17, 15) is 8.42 Å². The van der Waals surface area contributed by atoms with Gasteiger partial charge in [0.05, 0.1) is 22.7 Å². The molecule has 1 saturated heterocycles. The second-order valence-electron chi connectivity index (χ2n) is 5.47. The minimum atomic E-state index is -2.83. The molecule has 1 aromatic carbocycles. The van der Waals surface area contributed by atoms with Gasteiger partial charge in [0.1, 0.15) is 0 Å². The van der Waals surface area contributed by atoms with Crippen molar-refractivity contribution in [2.45, 2.75) is 19.0 Å². The maximum absolute atomic E-state index is 11.5. The van der Waals surface area contributed by atoms with Gasteiger partial charge in [0.2, 0.25) is 0 Å². The lowest BCUT2D eigenvalue weighted by Gasteiger charge is -2.22. The molecule has 1 aliphatic heterocycles. The Morgan fingerprint density at radius 3 is 2.80 bits per heavy atom. The predicted molar refractivity (Wildman–Crippen MR) is 80.3 cm³/mol. The van der Waals surface area contributed by atoms with Crippen LogP contribution >= 0.6 is 0 Å². The van der Waals surface area contributed by atoms with E-state index in [0.29, 0.717) is 12.3 Å². The number of sulfone groups is 1. The molecule has 2 aromatic rings. The van der Waals surface area contributed by atoms with Crippen molar-refractivity contribution >= 4 is 20.7 Å². The first-order valence-electron chi connectivity index (χ1n) is 6.79. The standard InChI is InChI=1S/C15H18N2O2S/c1-17(14-8-9-20(18,19)11-14)10-13-7-6-12-4-2-3-5-15(12)16-13/h2-7,14H,8-11H2,1H3/t14-/m0/s1. The van der Waals surface area contributed by atoms with Gasteiger partial charge in [-0.15, -0.1) is 0 Å². The maximum Gasteiger partial charge on any atom is 0.151 e. The summed E-state index contributed by atoms with van der Waals surface area (Å²) in [4.78, 5) is 6.73. The Morgan fingerprint density at radius 1 is 1.25 bits per heavy atom. The Hall–Kier alpha value is -1.46. The van der Waals surface area contributed by atoms with Crippen LogP contribution in [0.3, 0.4) is 0 Å². The SMILES string of the molecule is CN(Cc1ccc2ccccc2n1)[C@H]1CCS(=O)(=O)C1. The van der Waals surface area contributed by atoms with E-state index in [1.807, 2.05) is 37.4 Å². The van der Waals surface area contributed by atoms with Crippen LogP contribution in [0.25, 0.3) is 10.9 Å². The van der Waals surface area contributed by atoms with Gasteiger partial charge in [0, 0.05) is 18.0 Å². The van der Waals surface area contributed by atoms with Gasteiger partial charge < -0.3 is 0 Å². The molecule has 1 atom stereocenters. The maximum atomic E-state index is 11.5. The lowest BCUT2D eigenvalue weighted by Crippen LogP contribution is -2.32. The van der Waals surface area contributed by atoms with Crippen LogP contribution in [-0.4, -0.2) is 42.9 Å². The number of benzene rings is 1. The highest BCUT2D eigenvalue weighted by Gasteiger charge is 2.30. The predicted octanol–water partition coefficient (Wildman–Crippen LogP) is 1.85. The monoisotopic (exact) mass is 290 g/mol. The number of pyridine rings is 1. The molecule has 1 aliphatic rings. The number of hydrogen-bond donors (Lipinski definition) is 0. The lowest BCUT2D eigenvalue weighted by molar-refractivity contribution is 0.251. The number of para-hydroxylation sites is 1. The van der Waals surface area contributed by atoms with Crippen LogP contribution in [0.5, 0.6) is 0 Å². The second kappa shape index (κ2) is 5.14. The van der Waals surface area contributed by atoms with E-state index < -0.39 is 9.84 Å². The van der Waals surface area contributed by atoms with E-state index in [0.717, 1.165) is 23.0 Å². The van der Waals surface area contributed by atoms with Crippen molar-refractivity contribution in [3.05, 3.63) is 42.1 Å². The van der Waals surface area contributed by atoms with E-state index in [2.05, 4.69) is 16.0 Å². The molecular weight excluding hydrogens is 272 g/mol.